The van der Waals surface area contributed by atoms with Crippen LogP contribution in [0.15, 0.2) is 34.7 Å². The Morgan fingerprint density at radius 1 is 1.48 bits per heavy atom. The largest absolute Gasteiger partial charge is 0.495 e. The summed E-state index contributed by atoms with van der Waals surface area (Å²) in [5.41, 5.74) is -0.134. The molecule has 1 aromatic carbocycles. The summed E-state index contributed by atoms with van der Waals surface area (Å²) in [6.45, 7) is 0.0282. The number of carboxylic acids is 1. The number of methoxy groups -OCH3 is 1. The highest BCUT2D eigenvalue weighted by atomic mass is 32.2. The van der Waals surface area contributed by atoms with Crippen LogP contribution in [0.2, 0.25) is 0 Å². The standard InChI is InChI=1S/C12H12N2O5S2/c1-19-9-3-2-8(12(15)16)6-10(9)21(17,18)14-7-11-13-4-5-20-11/h2-6,14H,7H2,1H3,(H,15,16). The van der Waals surface area contributed by atoms with Gasteiger partial charge in [0.25, 0.3) is 0 Å². The monoisotopic (exact) mass is 328 g/mol. The van der Waals surface area contributed by atoms with Gasteiger partial charge in [0.1, 0.15) is 15.7 Å². The number of rotatable bonds is 6. The van der Waals surface area contributed by atoms with Crippen LogP contribution in [0.4, 0.5) is 0 Å². The lowest BCUT2D eigenvalue weighted by Crippen LogP contribution is -2.24. The predicted octanol–water partition coefficient (Wildman–Crippen LogP) is 1.33. The van der Waals surface area contributed by atoms with Gasteiger partial charge in [-0.25, -0.2) is 22.9 Å². The van der Waals surface area contributed by atoms with E-state index in [1.807, 2.05) is 0 Å². The maximum Gasteiger partial charge on any atom is 0.335 e. The highest BCUT2D eigenvalue weighted by Crippen LogP contribution is 2.25. The summed E-state index contributed by atoms with van der Waals surface area (Å²) < 4.78 is 31.9. The van der Waals surface area contributed by atoms with Gasteiger partial charge < -0.3 is 9.84 Å². The molecule has 0 fully saturated rings. The topological polar surface area (TPSA) is 106 Å². The SMILES string of the molecule is COc1ccc(C(=O)O)cc1S(=O)(=O)NCc1nccs1. The van der Waals surface area contributed by atoms with Crippen molar-refractivity contribution in [3.8, 4) is 5.75 Å². The Hall–Kier alpha value is -1.97. The van der Waals surface area contributed by atoms with Crippen molar-refractivity contribution < 1.29 is 23.1 Å². The summed E-state index contributed by atoms with van der Waals surface area (Å²) in [7, 11) is -2.59. The van der Waals surface area contributed by atoms with E-state index in [0.29, 0.717) is 5.01 Å². The van der Waals surface area contributed by atoms with Crippen LogP contribution in [0.1, 0.15) is 15.4 Å². The fraction of sp³-hybridized carbons (Fsp3) is 0.167. The predicted molar refractivity (Wildman–Crippen MR) is 76.1 cm³/mol. The Morgan fingerprint density at radius 2 is 2.24 bits per heavy atom. The van der Waals surface area contributed by atoms with Crippen LogP contribution in [-0.4, -0.2) is 31.6 Å². The minimum absolute atomic E-state index is 0.0282. The maximum atomic E-state index is 12.3. The molecule has 0 aliphatic heterocycles. The summed E-state index contributed by atoms with van der Waals surface area (Å²) in [5.74, 6) is -1.14. The molecule has 1 aromatic heterocycles. The molecule has 0 atom stereocenters. The number of ether oxygens (including phenoxy) is 1. The lowest BCUT2D eigenvalue weighted by Gasteiger charge is -2.10. The summed E-state index contributed by atoms with van der Waals surface area (Å²) in [5, 5.41) is 11.3. The first-order valence-electron chi connectivity index (χ1n) is 5.73. The molecule has 9 heteroatoms. The third-order valence-corrected chi connectivity index (χ3v) is 4.80. The quantitative estimate of drug-likeness (QED) is 0.828. The van der Waals surface area contributed by atoms with E-state index in [2.05, 4.69) is 9.71 Å². The zero-order chi connectivity index (χ0) is 15.5. The van der Waals surface area contributed by atoms with Gasteiger partial charge in [-0.1, -0.05) is 0 Å². The summed E-state index contributed by atoms with van der Waals surface area (Å²) in [4.78, 5) is 14.7. The van der Waals surface area contributed by atoms with Crippen LogP contribution in [0, 0.1) is 0 Å². The van der Waals surface area contributed by atoms with Crippen molar-refractivity contribution in [3.05, 3.63) is 40.3 Å². The number of benzene rings is 1. The van der Waals surface area contributed by atoms with Gasteiger partial charge in [0.05, 0.1) is 19.2 Å². The molecule has 0 unspecified atom stereocenters. The minimum atomic E-state index is -3.91. The van der Waals surface area contributed by atoms with Crippen LogP contribution in [0.25, 0.3) is 0 Å². The molecule has 2 aromatic rings. The van der Waals surface area contributed by atoms with Gasteiger partial charge in [-0.15, -0.1) is 11.3 Å². The molecule has 2 N–H and O–H groups in total. The molecule has 21 heavy (non-hydrogen) atoms. The molecule has 0 radical (unpaired) electrons. The van der Waals surface area contributed by atoms with E-state index in [1.54, 1.807) is 11.6 Å². The highest BCUT2D eigenvalue weighted by Gasteiger charge is 2.21. The van der Waals surface area contributed by atoms with Gasteiger partial charge >= 0.3 is 5.97 Å². The molecule has 0 saturated carbocycles. The van der Waals surface area contributed by atoms with E-state index in [4.69, 9.17) is 9.84 Å². The van der Waals surface area contributed by atoms with Crippen LogP contribution < -0.4 is 9.46 Å². The minimum Gasteiger partial charge on any atom is -0.495 e. The Bertz CT molecular complexity index is 741. The number of aromatic carboxylic acids is 1. The molecule has 0 saturated heterocycles. The van der Waals surface area contributed by atoms with Crippen molar-refractivity contribution in [2.24, 2.45) is 0 Å². The molecule has 0 aliphatic carbocycles. The number of nitrogens with one attached hydrogen (secondary N) is 1. The Labute approximate surface area is 125 Å². The summed E-state index contributed by atoms with van der Waals surface area (Å²) in [6, 6.07) is 3.65. The molecule has 1 heterocycles. The number of carbonyl (C=O) groups is 1. The van der Waals surface area contributed by atoms with E-state index in [0.717, 1.165) is 6.07 Å². The van der Waals surface area contributed by atoms with Gasteiger partial charge in [0.15, 0.2) is 0 Å². The molecule has 7 nitrogen and oxygen atoms in total. The second-order valence-electron chi connectivity index (χ2n) is 3.92. The smallest absolute Gasteiger partial charge is 0.335 e. The molecule has 112 valence electrons. The van der Waals surface area contributed by atoms with Crippen molar-refractivity contribution in [2.75, 3.05) is 7.11 Å². The normalized spacial score (nSPS) is 11.3. The van der Waals surface area contributed by atoms with Crippen molar-refractivity contribution >= 4 is 27.3 Å². The number of aromatic nitrogens is 1. The van der Waals surface area contributed by atoms with Crippen molar-refractivity contribution in [1.82, 2.24) is 9.71 Å². The van der Waals surface area contributed by atoms with Crippen molar-refractivity contribution in [3.63, 3.8) is 0 Å². The van der Waals surface area contributed by atoms with Crippen molar-refractivity contribution in [2.45, 2.75) is 11.4 Å². The van der Waals surface area contributed by atoms with Gasteiger partial charge in [0, 0.05) is 11.6 Å². The van der Waals surface area contributed by atoms with E-state index in [9.17, 15) is 13.2 Å². The lowest BCUT2D eigenvalue weighted by molar-refractivity contribution is 0.0696. The molecule has 0 amide bonds. The third-order valence-electron chi connectivity index (χ3n) is 2.60. The van der Waals surface area contributed by atoms with E-state index in [-0.39, 0.29) is 22.8 Å². The maximum absolute atomic E-state index is 12.3. The summed E-state index contributed by atoms with van der Waals surface area (Å²) in [6.07, 6.45) is 1.57. The van der Waals surface area contributed by atoms with Gasteiger partial charge in [-0.2, -0.15) is 0 Å². The summed E-state index contributed by atoms with van der Waals surface area (Å²) >= 11 is 1.31. The Morgan fingerprint density at radius 3 is 2.81 bits per heavy atom. The third kappa shape index (κ3) is 3.57. The molecular formula is C12H12N2O5S2. The van der Waals surface area contributed by atoms with Gasteiger partial charge in [-0.3, -0.25) is 0 Å². The fourth-order valence-electron chi connectivity index (χ4n) is 1.59. The number of hydrogen-bond acceptors (Lipinski definition) is 6. The van der Waals surface area contributed by atoms with Crippen LogP contribution in [-0.2, 0) is 16.6 Å². The lowest BCUT2D eigenvalue weighted by atomic mass is 10.2. The van der Waals surface area contributed by atoms with Gasteiger partial charge in [0.2, 0.25) is 10.0 Å². The number of thiazole rings is 1. The zero-order valence-corrected chi connectivity index (χ0v) is 12.6. The molecule has 0 aliphatic rings. The van der Waals surface area contributed by atoms with Gasteiger partial charge in [-0.05, 0) is 18.2 Å². The average Bonchev–Trinajstić information content (AvgIpc) is 2.98. The first kappa shape index (κ1) is 15.4. The van der Waals surface area contributed by atoms with E-state index < -0.39 is 16.0 Å². The number of carboxylic acid groups (broad SMARTS) is 1. The number of sulfonamides is 1. The molecule has 0 bridgehead atoms. The number of nitrogens with zero attached hydrogens (tertiary/aromatic N) is 1. The van der Waals surface area contributed by atoms with E-state index in [1.165, 1.54) is 30.6 Å². The molecule has 0 spiro atoms. The van der Waals surface area contributed by atoms with E-state index >= 15 is 0 Å². The molecule has 2 rings (SSSR count). The Balaban J connectivity index is 2.33. The van der Waals surface area contributed by atoms with Crippen LogP contribution in [0.5, 0.6) is 5.75 Å². The fourth-order valence-corrected chi connectivity index (χ4v) is 3.42. The second kappa shape index (κ2) is 6.20. The van der Waals surface area contributed by atoms with Crippen LogP contribution in [0.3, 0.4) is 0 Å². The zero-order valence-electron chi connectivity index (χ0n) is 10.9. The number of hydrogen-bond donors (Lipinski definition) is 2. The average molecular weight is 328 g/mol. The Kier molecular flexibility index (Phi) is 4.56. The van der Waals surface area contributed by atoms with Crippen LogP contribution >= 0.6 is 11.3 Å². The highest BCUT2D eigenvalue weighted by molar-refractivity contribution is 7.89. The van der Waals surface area contributed by atoms with Crippen molar-refractivity contribution in [1.29, 1.82) is 0 Å². The first-order valence-corrected chi connectivity index (χ1v) is 8.09. The second-order valence-corrected chi connectivity index (χ2v) is 6.64. The molecular weight excluding hydrogens is 316 g/mol. The first-order chi connectivity index (χ1) is 9.94.